The van der Waals surface area contributed by atoms with Crippen molar-refractivity contribution in [1.82, 2.24) is 20.2 Å². The third-order valence-corrected chi connectivity index (χ3v) is 4.48. The highest BCUT2D eigenvalue weighted by molar-refractivity contribution is 7.99. The van der Waals surface area contributed by atoms with Gasteiger partial charge in [0, 0.05) is 0 Å². The molecule has 0 aliphatic rings. The van der Waals surface area contributed by atoms with Gasteiger partial charge in [0.1, 0.15) is 23.1 Å². The molecule has 2 aromatic carbocycles. The van der Waals surface area contributed by atoms with Gasteiger partial charge in [-0.25, -0.2) is 8.78 Å². The van der Waals surface area contributed by atoms with E-state index < -0.39 is 17.4 Å². The average molecular weight is 376 g/mol. The lowest BCUT2D eigenvalue weighted by Gasteiger charge is -2.10. The first kappa shape index (κ1) is 18.0. The summed E-state index contributed by atoms with van der Waals surface area (Å²) in [6.07, 6.45) is 0. The topological polar surface area (TPSA) is 69.9 Å². The Hall–Kier alpha value is -2.81. The summed E-state index contributed by atoms with van der Waals surface area (Å²) in [4.78, 5) is 12.2. The molecule has 0 spiro atoms. The molecule has 3 rings (SSSR count). The number of rotatable bonds is 6. The zero-order valence-electron chi connectivity index (χ0n) is 13.9. The second kappa shape index (κ2) is 7.61. The van der Waals surface area contributed by atoms with Crippen LogP contribution in [-0.4, -0.2) is 38.9 Å². The third kappa shape index (κ3) is 3.72. The molecule has 0 saturated carbocycles. The van der Waals surface area contributed by atoms with E-state index in [1.807, 2.05) is 19.1 Å². The molecule has 0 aliphatic carbocycles. The Morgan fingerprint density at radius 2 is 2.04 bits per heavy atom. The second-order valence-electron chi connectivity index (χ2n) is 5.38. The molecule has 0 bridgehead atoms. The number of Topliss-reactive ketones (excluding diaryl/α,β-unsaturated/α-hetero) is 1. The number of thioether (sulfide) groups is 1. The number of tetrazole rings is 1. The minimum Gasteiger partial charge on any atom is -0.494 e. The van der Waals surface area contributed by atoms with Gasteiger partial charge in [0.05, 0.1) is 18.4 Å². The maximum Gasteiger partial charge on any atom is 0.214 e. The average Bonchev–Trinajstić information content (AvgIpc) is 3.10. The van der Waals surface area contributed by atoms with E-state index in [4.69, 9.17) is 4.74 Å². The van der Waals surface area contributed by atoms with Crippen LogP contribution in [0.5, 0.6) is 5.75 Å². The van der Waals surface area contributed by atoms with Crippen molar-refractivity contribution < 1.29 is 18.3 Å². The summed E-state index contributed by atoms with van der Waals surface area (Å²) in [5, 5.41) is 11.8. The lowest BCUT2D eigenvalue weighted by Crippen LogP contribution is -2.08. The van der Waals surface area contributed by atoms with Crippen LogP contribution in [0.1, 0.15) is 15.9 Å². The fourth-order valence-electron chi connectivity index (χ4n) is 2.30. The molecule has 0 saturated heterocycles. The van der Waals surface area contributed by atoms with Crippen LogP contribution in [0.4, 0.5) is 8.78 Å². The molecule has 26 heavy (non-hydrogen) atoms. The van der Waals surface area contributed by atoms with Crippen molar-refractivity contribution in [2.75, 3.05) is 12.9 Å². The molecule has 0 unspecified atom stereocenters. The molecule has 0 fully saturated rings. The minimum absolute atomic E-state index is 0.144. The fourth-order valence-corrected chi connectivity index (χ4v) is 3.07. The van der Waals surface area contributed by atoms with Crippen molar-refractivity contribution in [3.8, 4) is 11.4 Å². The predicted octanol–water partition coefficient (Wildman–Crippen LogP) is 3.23. The first-order valence-electron chi connectivity index (χ1n) is 7.54. The van der Waals surface area contributed by atoms with E-state index in [-0.39, 0.29) is 11.3 Å². The Labute approximate surface area is 152 Å². The highest BCUT2D eigenvalue weighted by Gasteiger charge is 2.18. The number of methoxy groups -OCH3 is 1. The number of carbonyl (C=O) groups excluding carboxylic acids is 1. The molecule has 0 amide bonds. The number of benzene rings is 2. The molecular weight excluding hydrogens is 362 g/mol. The van der Waals surface area contributed by atoms with Crippen LogP contribution >= 0.6 is 11.8 Å². The maximum atomic E-state index is 13.7. The number of aromatic nitrogens is 4. The number of hydrogen-bond acceptors (Lipinski definition) is 6. The van der Waals surface area contributed by atoms with Crippen molar-refractivity contribution in [1.29, 1.82) is 0 Å². The summed E-state index contributed by atoms with van der Waals surface area (Å²) < 4.78 is 33.7. The van der Waals surface area contributed by atoms with Gasteiger partial charge in [0.2, 0.25) is 5.16 Å². The largest absolute Gasteiger partial charge is 0.494 e. The number of ketones is 1. The van der Waals surface area contributed by atoms with Crippen molar-refractivity contribution in [2.45, 2.75) is 12.1 Å². The van der Waals surface area contributed by atoms with Crippen LogP contribution in [-0.2, 0) is 0 Å². The molecule has 0 radical (unpaired) electrons. The van der Waals surface area contributed by atoms with Gasteiger partial charge in [0.15, 0.2) is 5.78 Å². The number of nitrogens with zero attached hydrogens (tertiary/aromatic N) is 4. The van der Waals surface area contributed by atoms with Crippen LogP contribution in [0.25, 0.3) is 5.69 Å². The Bertz CT molecular complexity index is 962. The minimum atomic E-state index is -0.767. The standard InChI is InChI=1S/C17H14F2N4O2S/c1-10-3-6-16(25-2)14(7-10)23-17(20-21-22-23)26-9-15(24)12-8-11(18)4-5-13(12)19/h3-8H,9H2,1-2H3. The molecule has 0 aliphatic heterocycles. The van der Waals surface area contributed by atoms with Crippen LogP contribution < -0.4 is 4.74 Å². The first-order valence-corrected chi connectivity index (χ1v) is 8.52. The van der Waals surface area contributed by atoms with Gasteiger partial charge >= 0.3 is 0 Å². The quantitative estimate of drug-likeness (QED) is 0.486. The van der Waals surface area contributed by atoms with Crippen molar-refractivity contribution >= 4 is 17.5 Å². The summed E-state index contributed by atoms with van der Waals surface area (Å²) in [6, 6.07) is 8.28. The molecule has 0 atom stereocenters. The second-order valence-corrected chi connectivity index (χ2v) is 6.33. The molecule has 1 heterocycles. The highest BCUT2D eigenvalue weighted by Crippen LogP contribution is 2.27. The van der Waals surface area contributed by atoms with Crippen LogP contribution in [0.15, 0.2) is 41.6 Å². The number of aryl methyl sites for hydroxylation is 1. The monoisotopic (exact) mass is 376 g/mol. The van der Waals surface area contributed by atoms with Crippen LogP contribution in [0, 0.1) is 18.6 Å². The van der Waals surface area contributed by atoms with Gasteiger partial charge in [-0.3, -0.25) is 4.79 Å². The summed E-state index contributed by atoms with van der Waals surface area (Å²) >= 11 is 1.02. The number of ether oxygens (including phenoxy) is 1. The Morgan fingerprint density at radius 3 is 2.81 bits per heavy atom. The van der Waals surface area contributed by atoms with E-state index in [0.29, 0.717) is 16.6 Å². The Kier molecular flexibility index (Phi) is 5.27. The Balaban J connectivity index is 1.83. The van der Waals surface area contributed by atoms with Gasteiger partial charge in [-0.05, 0) is 53.2 Å². The molecule has 134 valence electrons. The van der Waals surface area contributed by atoms with Crippen LogP contribution in [0.2, 0.25) is 0 Å². The summed E-state index contributed by atoms with van der Waals surface area (Å²) in [7, 11) is 1.53. The number of halogens is 2. The third-order valence-electron chi connectivity index (χ3n) is 3.56. The predicted molar refractivity (Wildman–Crippen MR) is 91.9 cm³/mol. The van der Waals surface area contributed by atoms with Gasteiger partial charge < -0.3 is 4.74 Å². The van der Waals surface area contributed by atoms with E-state index in [1.165, 1.54) is 11.8 Å². The van der Waals surface area contributed by atoms with E-state index in [0.717, 1.165) is 35.5 Å². The highest BCUT2D eigenvalue weighted by atomic mass is 32.2. The summed E-state index contributed by atoms with van der Waals surface area (Å²) in [5.74, 6) is -1.58. The summed E-state index contributed by atoms with van der Waals surface area (Å²) in [6.45, 7) is 1.91. The van der Waals surface area contributed by atoms with Crippen molar-refractivity contribution in [2.24, 2.45) is 0 Å². The SMILES string of the molecule is COc1ccc(C)cc1-n1nnnc1SCC(=O)c1cc(F)ccc1F. The number of hydrogen-bond donors (Lipinski definition) is 0. The van der Waals surface area contributed by atoms with E-state index in [2.05, 4.69) is 15.5 Å². The normalized spacial score (nSPS) is 10.8. The van der Waals surface area contributed by atoms with Crippen LogP contribution in [0.3, 0.4) is 0 Å². The lowest BCUT2D eigenvalue weighted by atomic mass is 10.1. The van der Waals surface area contributed by atoms with Gasteiger partial charge in [-0.1, -0.05) is 17.8 Å². The molecule has 3 aromatic rings. The molecule has 0 N–H and O–H groups in total. The van der Waals surface area contributed by atoms with Gasteiger partial charge in [-0.2, -0.15) is 4.68 Å². The van der Waals surface area contributed by atoms with Gasteiger partial charge in [-0.15, -0.1) is 5.10 Å². The van der Waals surface area contributed by atoms with E-state index in [9.17, 15) is 13.6 Å². The molecular formula is C17H14F2N4O2S. The fraction of sp³-hybridized carbons (Fsp3) is 0.176. The zero-order valence-corrected chi connectivity index (χ0v) is 14.8. The Morgan fingerprint density at radius 1 is 1.23 bits per heavy atom. The maximum absolute atomic E-state index is 13.7. The van der Waals surface area contributed by atoms with E-state index >= 15 is 0 Å². The zero-order chi connectivity index (χ0) is 18.7. The molecule has 1 aromatic heterocycles. The number of carbonyl (C=O) groups is 1. The van der Waals surface area contributed by atoms with E-state index in [1.54, 1.807) is 6.07 Å². The smallest absolute Gasteiger partial charge is 0.214 e. The van der Waals surface area contributed by atoms with Crippen molar-refractivity contribution in [3.05, 3.63) is 59.2 Å². The first-order chi connectivity index (χ1) is 12.5. The van der Waals surface area contributed by atoms with Crippen molar-refractivity contribution in [3.63, 3.8) is 0 Å². The lowest BCUT2D eigenvalue weighted by molar-refractivity contribution is 0.101. The molecule has 6 nitrogen and oxygen atoms in total. The summed E-state index contributed by atoms with van der Waals surface area (Å²) in [5.41, 5.74) is 1.29. The van der Waals surface area contributed by atoms with Gasteiger partial charge in [0.25, 0.3) is 0 Å². The molecule has 9 heteroatoms.